The van der Waals surface area contributed by atoms with Crippen LogP contribution in [-0.2, 0) is 19.1 Å². The van der Waals surface area contributed by atoms with Crippen molar-refractivity contribution in [3.05, 3.63) is 0 Å². The zero-order chi connectivity index (χ0) is 9.19. The fraction of sp³-hybridized carbons (Fsp3) is 0.750. The van der Waals surface area contributed by atoms with Crippen molar-refractivity contribution >= 4 is 12.1 Å². The van der Waals surface area contributed by atoms with E-state index >= 15 is 0 Å². The first-order valence-corrected chi connectivity index (χ1v) is 3.80. The minimum Gasteiger partial charge on any atom is -0.375 e. The quantitative estimate of drug-likeness (QED) is 0.433. The van der Waals surface area contributed by atoms with Crippen molar-refractivity contribution < 1.29 is 19.1 Å². The lowest BCUT2D eigenvalue weighted by Crippen LogP contribution is -2.46. The van der Waals surface area contributed by atoms with Gasteiger partial charge in [0.15, 0.2) is 6.29 Å². The summed E-state index contributed by atoms with van der Waals surface area (Å²) in [5.74, 6) is -0.553. The van der Waals surface area contributed by atoms with Crippen LogP contribution in [0.15, 0.2) is 0 Å². The number of rotatable bonds is 2. The second-order valence-corrected chi connectivity index (χ2v) is 3.40. The van der Waals surface area contributed by atoms with Crippen LogP contribution in [0.2, 0.25) is 0 Å². The van der Waals surface area contributed by atoms with Crippen molar-refractivity contribution in [1.29, 1.82) is 0 Å². The molecule has 0 aromatic rings. The molecule has 0 spiro atoms. The predicted molar refractivity (Wildman–Crippen MR) is 40.8 cm³/mol. The standard InChI is InChI=1S/C8H12O4/c1-8(2)5-11-4-7(12-8)6(10)3-9/h3,7H,4-5H2,1-2H3. The van der Waals surface area contributed by atoms with Crippen LogP contribution in [0, 0.1) is 0 Å². The SMILES string of the molecule is CC1(C)COCC(C(=O)C=O)O1. The molecule has 0 aromatic heterocycles. The van der Waals surface area contributed by atoms with E-state index in [-0.39, 0.29) is 12.9 Å². The molecule has 0 saturated carbocycles. The van der Waals surface area contributed by atoms with E-state index in [0.29, 0.717) is 6.61 Å². The Kier molecular flexibility index (Phi) is 2.59. The summed E-state index contributed by atoms with van der Waals surface area (Å²) in [5, 5.41) is 0. The molecule has 0 aliphatic carbocycles. The van der Waals surface area contributed by atoms with Crippen molar-refractivity contribution in [3.63, 3.8) is 0 Å². The summed E-state index contributed by atoms with van der Waals surface area (Å²) in [4.78, 5) is 21.0. The van der Waals surface area contributed by atoms with Gasteiger partial charge in [0.05, 0.1) is 18.8 Å². The molecule has 0 amide bonds. The Morgan fingerprint density at radius 1 is 1.58 bits per heavy atom. The fourth-order valence-corrected chi connectivity index (χ4v) is 1.08. The Morgan fingerprint density at radius 3 is 2.75 bits per heavy atom. The number of carbonyl (C=O) groups excluding carboxylic acids is 2. The molecule has 1 aliphatic heterocycles. The van der Waals surface area contributed by atoms with Gasteiger partial charge in [-0.05, 0) is 13.8 Å². The van der Waals surface area contributed by atoms with E-state index in [1.165, 1.54) is 0 Å². The topological polar surface area (TPSA) is 52.6 Å². The summed E-state index contributed by atoms with van der Waals surface area (Å²) in [6.45, 7) is 4.27. The Hall–Kier alpha value is -0.740. The molecule has 4 nitrogen and oxygen atoms in total. The van der Waals surface area contributed by atoms with Gasteiger partial charge in [0.2, 0.25) is 5.78 Å². The Balaban J connectivity index is 2.57. The summed E-state index contributed by atoms with van der Waals surface area (Å²) in [6.07, 6.45) is -0.443. The minimum absolute atomic E-state index is 0.182. The lowest BCUT2D eigenvalue weighted by molar-refractivity contribution is -0.187. The van der Waals surface area contributed by atoms with Gasteiger partial charge in [-0.25, -0.2) is 0 Å². The highest BCUT2D eigenvalue weighted by molar-refractivity contribution is 6.27. The first-order chi connectivity index (χ1) is 5.55. The van der Waals surface area contributed by atoms with E-state index in [1.54, 1.807) is 0 Å². The van der Waals surface area contributed by atoms with Crippen molar-refractivity contribution in [2.45, 2.75) is 25.6 Å². The van der Waals surface area contributed by atoms with Gasteiger partial charge in [0, 0.05) is 0 Å². The maximum atomic E-state index is 10.9. The lowest BCUT2D eigenvalue weighted by Gasteiger charge is -2.34. The van der Waals surface area contributed by atoms with Gasteiger partial charge < -0.3 is 9.47 Å². The van der Waals surface area contributed by atoms with Gasteiger partial charge in [-0.3, -0.25) is 9.59 Å². The molecular weight excluding hydrogens is 160 g/mol. The number of carbonyl (C=O) groups is 2. The Morgan fingerprint density at radius 2 is 2.25 bits per heavy atom. The summed E-state index contributed by atoms with van der Waals surface area (Å²) < 4.78 is 10.4. The number of ether oxygens (including phenoxy) is 2. The molecule has 1 fully saturated rings. The number of ketones is 1. The monoisotopic (exact) mass is 172 g/mol. The molecule has 0 N–H and O–H groups in total. The molecule has 1 atom stereocenters. The second-order valence-electron chi connectivity index (χ2n) is 3.40. The van der Waals surface area contributed by atoms with Gasteiger partial charge in [0.25, 0.3) is 0 Å². The maximum absolute atomic E-state index is 10.9. The van der Waals surface area contributed by atoms with Gasteiger partial charge in [-0.1, -0.05) is 0 Å². The molecule has 0 bridgehead atoms. The highest BCUT2D eigenvalue weighted by Crippen LogP contribution is 2.18. The first-order valence-electron chi connectivity index (χ1n) is 3.80. The van der Waals surface area contributed by atoms with E-state index in [9.17, 15) is 9.59 Å². The van der Waals surface area contributed by atoms with Crippen LogP contribution < -0.4 is 0 Å². The van der Waals surface area contributed by atoms with Crippen molar-refractivity contribution in [2.24, 2.45) is 0 Å². The summed E-state index contributed by atoms with van der Waals surface area (Å²) in [5.41, 5.74) is -0.471. The molecule has 0 radical (unpaired) electrons. The molecule has 1 aliphatic rings. The number of hydrogen-bond donors (Lipinski definition) is 0. The zero-order valence-electron chi connectivity index (χ0n) is 7.20. The average molecular weight is 172 g/mol. The molecule has 4 heteroatoms. The molecule has 1 rings (SSSR count). The van der Waals surface area contributed by atoms with E-state index in [4.69, 9.17) is 9.47 Å². The number of Topliss-reactive ketones (excluding diaryl/α,β-unsaturated/α-hetero) is 1. The second kappa shape index (κ2) is 3.33. The largest absolute Gasteiger partial charge is 0.375 e. The van der Waals surface area contributed by atoms with Crippen LogP contribution in [0.5, 0.6) is 0 Å². The molecule has 1 unspecified atom stereocenters. The lowest BCUT2D eigenvalue weighted by atomic mass is 10.1. The van der Waals surface area contributed by atoms with Gasteiger partial charge in [-0.2, -0.15) is 0 Å². The van der Waals surface area contributed by atoms with Crippen molar-refractivity contribution in [3.8, 4) is 0 Å². The predicted octanol–water partition coefficient (Wildman–Crippen LogP) is -0.0516. The number of hydrogen-bond acceptors (Lipinski definition) is 4. The zero-order valence-corrected chi connectivity index (χ0v) is 7.20. The van der Waals surface area contributed by atoms with Crippen LogP contribution >= 0.6 is 0 Å². The van der Waals surface area contributed by atoms with Crippen molar-refractivity contribution in [1.82, 2.24) is 0 Å². The van der Waals surface area contributed by atoms with E-state index in [0.717, 1.165) is 0 Å². The molecule has 1 heterocycles. The third-order valence-corrected chi connectivity index (χ3v) is 1.61. The van der Waals surface area contributed by atoms with E-state index in [2.05, 4.69) is 0 Å². The highest BCUT2D eigenvalue weighted by Gasteiger charge is 2.33. The molecule has 1 saturated heterocycles. The van der Waals surface area contributed by atoms with Crippen LogP contribution in [-0.4, -0.2) is 37.0 Å². The van der Waals surface area contributed by atoms with E-state index in [1.807, 2.05) is 13.8 Å². The molecule has 0 aromatic carbocycles. The van der Waals surface area contributed by atoms with Gasteiger partial charge in [-0.15, -0.1) is 0 Å². The molecule has 12 heavy (non-hydrogen) atoms. The number of aldehydes is 1. The van der Waals surface area contributed by atoms with Gasteiger partial charge >= 0.3 is 0 Å². The highest BCUT2D eigenvalue weighted by atomic mass is 16.6. The van der Waals surface area contributed by atoms with Crippen LogP contribution in [0.4, 0.5) is 0 Å². The Labute approximate surface area is 70.8 Å². The van der Waals surface area contributed by atoms with Crippen LogP contribution in [0.1, 0.15) is 13.8 Å². The molecular formula is C8H12O4. The third-order valence-electron chi connectivity index (χ3n) is 1.61. The molecule has 68 valence electrons. The summed E-state index contributed by atoms with van der Waals surface area (Å²) in [7, 11) is 0. The van der Waals surface area contributed by atoms with E-state index < -0.39 is 17.5 Å². The Bertz CT molecular complexity index is 197. The summed E-state index contributed by atoms with van der Waals surface area (Å²) >= 11 is 0. The minimum atomic E-state index is -0.716. The van der Waals surface area contributed by atoms with Gasteiger partial charge in [0.1, 0.15) is 6.10 Å². The van der Waals surface area contributed by atoms with Crippen LogP contribution in [0.25, 0.3) is 0 Å². The van der Waals surface area contributed by atoms with Crippen LogP contribution in [0.3, 0.4) is 0 Å². The van der Waals surface area contributed by atoms with Crippen molar-refractivity contribution in [2.75, 3.05) is 13.2 Å². The maximum Gasteiger partial charge on any atom is 0.226 e. The first kappa shape index (κ1) is 9.35. The normalized spacial score (nSPS) is 28.0. The fourth-order valence-electron chi connectivity index (χ4n) is 1.08. The smallest absolute Gasteiger partial charge is 0.226 e. The summed E-state index contributed by atoms with van der Waals surface area (Å²) in [6, 6.07) is 0. The third kappa shape index (κ3) is 2.12. The average Bonchev–Trinajstić information content (AvgIpc) is 2.01.